The summed E-state index contributed by atoms with van der Waals surface area (Å²) in [5.41, 5.74) is 4.65. The summed E-state index contributed by atoms with van der Waals surface area (Å²) in [4.78, 5) is 21.5. The second-order valence-electron chi connectivity index (χ2n) is 4.79. The predicted molar refractivity (Wildman–Crippen MR) is 93.7 cm³/mol. The summed E-state index contributed by atoms with van der Waals surface area (Å²) in [6, 6.07) is 13.0. The second kappa shape index (κ2) is 8.05. The Morgan fingerprint density at radius 3 is 1.71 bits per heavy atom. The molecule has 110 valence electrons. The molecule has 0 aliphatic rings. The van der Waals surface area contributed by atoms with Crippen molar-refractivity contribution in [1.82, 2.24) is 0 Å². The van der Waals surface area contributed by atoms with E-state index in [9.17, 15) is 9.59 Å². The van der Waals surface area contributed by atoms with Crippen molar-refractivity contribution in [1.29, 1.82) is 0 Å². The molecule has 21 heavy (non-hydrogen) atoms. The molecule has 0 saturated carbocycles. The monoisotopic (exact) mass is 318 g/mol. The molecule has 0 bridgehead atoms. The van der Waals surface area contributed by atoms with E-state index in [2.05, 4.69) is 25.3 Å². The van der Waals surface area contributed by atoms with E-state index in [0.29, 0.717) is 11.1 Å². The Labute approximate surface area is 136 Å². The van der Waals surface area contributed by atoms with Crippen molar-refractivity contribution in [2.45, 2.75) is 20.8 Å². The maximum Gasteiger partial charge on any atom is 0.216 e. The summed E-state index contributed by atoms with van der Waals surface area (Å²) in [6.45, 7) is 5.89. The van der Waals surface area contributed by atoms with Crippen molar-refractivity contribution in [2.75, 3.05) is 0 Å². The van der Waals surface area contributed by atoms with Crippen LogP contribution in [0, 0.1) is 20.8 Å². The average molecular weight is 318 g/mol. The van der Waals surface area contributed by atoms with Gasteiger partial charge in [-0.2, -0.15) is 0 Å². The molecule has 0 amide bonds. The summed E-state index contributed by atoms with van der Waals surface area (Å²) in [5, 5.41) is -0.345. The number of carbonyl (C=O) groups is 2. The van der Waals surface area contributed by atoms with Crippen molar-refractivity contribution in [2.24, 2.45) is 0 Å². The van der Waals surface area contributed by atoms with Gasteiger partial charge in [-0.25, -0.2) is 0 Å². The largest absolute Gasteiger partial charge is 0.282 e. The third-order valence-electron chi connectivity index (χ3n) is 2.91. The van der Waals surface area contributed by atoms with Crippen molar-refractivity contribution >= 4 is 35.5 Å². The Hall–Kier alpha value is -1.52. The minimum absolute atomic E-state index is 0.164. The van der Waals surface area contributed by atoms with Crippen LogP contribution >= 0.6 is 25.3 Å². The number of hydrogen-bond donors (Lipinski definition) is 2. The van der Waals surface area contributed by atoms with Crippen LogP contribution in [0.3, 0.4) is 0 Å². The minimum atomic E-state index is -0.181. The topological polar surface area (TPSA) is 34.1 Å². The van der Waals surface area contributed by atoms with Crippen LogP contribution in [0.5, 0.6) is 0 Å². The molecule has 0 heterocycles. The molecular formula is C17H18O2S2. The lowest BCUT2D eigenvalue weighted by Gasteiger charge is -2.00. The van der Waals surface area contributed by atoms with Crippen molar-refractivity contribution in [3.63, 3.8) is 0 Å². The molecule has 0 fully saturated rings. The van der Waals surface area contributed by atoms with Crippen LogP contribution in [0.4, 0.5) is 0 Å². The zero-order chi connectivity index (χ0) is 16.0. The van der Waals surface area contributed by atoms with Crippen LogP contribution in [0.2, 0.25) is 0 Å². The summed E-state index contributed by atoms with van der Waals surface area (Å²) in [7, 11) is 0. The van der Waals surface area contributed by atoms with Crippen LogP contribution in [0.1, 0.15) is 37.4 Å². The van der Waals surface area contributed by atoms with Gasteiger partial charge in [0.1, 0.15) is 0 Å². The van der Waals surface area contributed by atoms with Crippen LogP contribution in [0.25, 0.3) is 0 Å². The molecule has 0 aliphatic heterocycles. The molecule has 2 rings (SSSR count). The standard InChI is InChI=1S/C9H10OS.C8H8OS/c1-6-3-4-8(9(10)11)7(2)5-6;1-6-2-4-7(5-3-6)8(9)10/h3-5H,1-2H3,(H,10,11);2-5H,1H3,(H,9,10). The molecule has 0 atom stereocenters. The molecule has 0 radical (unpaired) electrons. The van der Waals surface area contributed by atoms with E-state index in [4.69, 9.17) is 0 Å². The molecule has 2 aromatic carbocycles. The number of thiol groups is 2. The van der Waals surface area contributed by atoms with Crippen LogP contribution in [0.15, 0.2) is 42.5 Å². The van der Waals surface area contributed by atoms with Gasteiger partial charge in [-0.05, 0) is 32.4 Å². The Morgan fingerprint density at radius 2 is 1.29 bits per heavy atom. The van der Waals surface area contributed by atoms with Crippen LogP contribution in [-0.2, 0) is 0 Å². The number of hydrogen-bond acceptors (Lipinski definition) is 2. The van der Waals surface area contributed by atoms with Gasteiger partial charge in [-0.3, -0.25) is 9.59 Å². The fraction of sp³-hybridized carbons (Fsp3) is 0.176. The molecule has 0 spiro atoms. The molecule has 2 nitrogen and oxygen atoms in total. The highest BCUT2D eigenvalue weighted by atomic mass is 32.1. The third-order valence-corrected chi connectivity index (χ3v) is 3.41. The van der Waals surface area contributed by atoms with Crippen molar-refractivity contribution < 1.29 is 9.59 Å². The summed E-state index contributed by atoms with van der Waals surface area (Å²) in [5.74, 6) is 0. The highest BCUT2D eigenvalue weighted by Crippen LogP contribution is 2.12. The first-order valence-electron chi connectivity index (χ1n) is 6.41. The lowest BCUT2D eigenvalue weighted by atomic mass is 10.1. The van der Waals surface area contributed by atoms with E-state index in [0.717, 1.165) is 11.1 Å². The minimum Gasteiger partial charge on any atom is -0.282 e. The molecule has 0 aliphatic carbocycles. The number of rotatable bonds is 2. The van der Waals surface area contributed by atoms with Gasteiger partial charge < -0.3 is 0 Å². The van der Waals surface area contributed by atoms with Gasteiger partial charge in [-0.15, -0.1) is 25.3 Å². The van der Waals surface area contributed by atoms with Gasteiger partial charge in [0, 0.05) is 11.1 Å². The molecule has 0 unspecified atom stereocenters. The van der Waals surface area contributed by atoms with E-state index >= 15 is 0 Å². The van der Waals surface area contributed by atoms with Gasteiger partial charge >= 0.3 is 0 Å². The lowest BCUT2D eigenvalue weighted by Crippen LogP contribution is -1.92. The first-order chi connectivity index (χ1) is 9.81. The quantitative estimate of drug-likeness (QED) is 0.803. The molecule has 0 saturated heterocycles. The van der Waals surface area contributed by atoms with E-state index < -0.39 is 0 Å². The first kappa shape index (κ1) is 17.5. The van der Waals surface area contributed by atoms with Crippen molar-refractivity contribution in [3.05, 3.63) is 70.3 Å². The van der Waals surface area contributed by atoms with Crippen LogP contribution in [-0.4, -0.2) is 10.2 Å². The Kier molecular flexibility index (Phi) is 6.72. The zero-order valence-electron chi connectivity index (χ0n) is 12.3. The highest BCUT2D eigenvalue weighted by Gasteiger charge is 2.02. The molecular weight excluding hydrogens is 300 g/mol. The van der Waals surface area contributed by atoms with Crippen molar-refractivity contribution in [3.8, 4) is 0 Å². The number of benzene rings is 2. The number of aryl methyl sites for hydroxylation is 3. The van der Waals surface area contributed by atoms with Gasteiger partial charge in [0.25, 0.3) is 0 Å². The normalized spacial score (nSPS) is 9.57. The Bertz CT molecular complexity index is 646. The maximum absolute atomic E-state index is 10.8. The summed E-state index contributed by atoms with van der Waals surface area (Å²) < 4.78 is 0. The summed E-state index contributed by atoms with van der Waals surface area (Å²) in [6.07, 6.45) is 0. The smallest absolute Gasteiger partial charge is 0.216 e. The zero-order valence-corrected chi connectivity index (χ0v) is 14.0. The van der Waals surface area contributed by atoms with E-state index in [1.807, 2.05) is 45.0 Å². The average Bonchev–Trinajstić information content (AvgIpc) is 2.39. The van der Waals surface area contributed by atoms with Gasteiger partial charge in [0.2, 0.25) is 10.2 Å². The maximum atomic E-state index is 10.8. The molecule has 0 aromatic heterocycles. The SMILES string of the molecule is Cc1ccc(C(=O)S)c(C)c1.Cc1ccc(C(=O)S)cc1. The van der Waals surface area contributed by atoms with Gasteiger partial charge in [0.05, 0.1) is 0 Å². The van der Waals surface area contributed by atoms with Gasteiger partial charge in [-0.1, -0.05) is 47.5 Å². The molecule has 0 N–H and O–H groups in total. The third kappa shape index (κ3) is 5.78. The molecule has 4 heteroatoms. The van der Waals surface area contributed by atoms with E-state index in [1.54, 1.807) is 18.2 Å². The Morgan fingerprint density at radius 1 is 0.762 bits per heavy atom. The first-order valence-corrected chi connectivity index (χ1v) is 7.31. The summed E-state index contributed by atoms with van der Waals surface area (Å²) >= 11 is 7.44. The van der Waals surface area contributed by atoms with E-state index in [1.165, 1.54) is 5.56 Å². The Balaban J connectivity index is 0.000000211. The second-order valence-corrected chi connectivity index (χ2v) is 5.61. The van der Waals surface area contributed by atoms with E-state index in [-0.39, 0.29) is 10.2 Å². The fourth-order valence-corrected chi connectivity index (χ4v) is 2.15. The van der Waals surface area contributed by atoms with Crippen LogP contribution < -0.4 is 0 Å². The highest BCUT2D eigenvalue weighted by molar-refractivity contribution is 7.97. The lowest BCUT2D eigenvalue weighted by molar-refractivity contribution is 0.108. The fourth-order valence-electron chi connectivity index (χ4n) is 1.75. The number of carbonyl (C=O) groups excluding carboxylic acids is 2. The molecule has 2 aromatic rings. The predicted octanol–water partition coefficient (Wildman–Crippen LogP) is 4.44. The van der Waals surface area contributed by atoms with Gasteiger partial charge in [0.15, 0.2) is 0 Å².